The van der Waals surface area contributed by atoms with Crippen LogP contribution < -0.4 is 0 Å². The molecule has 1 fully saturated rings. The first kappa shape index (κ1) is 13.1. The van der Waals surface area contributed by atoms with E-state index in [0.717, 1.165) is 19.3 Å². The standard InChI is InChI=1S/C15H26O2/c1-9(2)11-6-5-10(3)12-7-8-15(4,17)13(12)14(11)16/h5,9,11-14,16-17H,6-8H2,1-4H3/t11-,12-,13+,14+,15-/m0/s1. The highest BCUT2D eigenvalue weighted by Crippen LogP contribution is 2.49. The maximum atomic E-state index is 10.6. The summed E-state index contributed by atoms with van der Waals surface area (Å²) < 4.78 is 0. The summed E-state index contributed by atoms with van der Waals surface area (Å²) in [5.74, 6) is 1.14. The zero-order valence-electron chi connectivity index (χ0n) is 11.5. The van der Waals surface area contributed by atoms with Gasteiger partial charge in [0.1, 0.15) is 0 Å². The molecule has 2 nitrogen and oxygen atoms in total. The van der Waals surface area contributed by atoms with Crippen molar-refractivity contribution in [2.45, 2.75) is 58.7 Å². The highest BCUT2D eigenvalue weighted by molar-refractivity contribution is 5.17. The summed E-state index contributed by atoms with van der Waals surface area (Å²) >= 11 is 0. The number of aliphatic hydroxyl groups is 2. The fraction of sp³-hybridized carbons (Fsp3) is 0.867. The van der Waals surface area contributed by atoms with Crippen molar-refractivity contribution in [3.05, 3.63) is 11.6 Å². The topological polar surface area (TPSA) is 40.5 Å². The second-order valence-electron chi connectivity index (χ2n) is 6.61. The summed E-state index contributed by atoms with van der Waals surface area (Å²) in [6.07, 6.45) is 4.71. The van der Waals surface area contributed by atoms with Gasteiger partial charge in [0, 0.05) is 5.92 Å². The molecule has 2 heteroatoms. The zero-order chi connectivity index (χ0) is 12.8. The van der Waals surface area contributed by atoms with Crippen molar-refractivity contribution in [2.24, 2.45) is 23.7 Å². The molecule has 0 aliphatic heterocycles. The molecular formula is C15H26O2. The SMILES string of the molecule is CC1=CC[C@@H](C(C)C)[C@@H](O)[C@H]2[C@H]1CC[C@]2(C)O. The van der Waals surface area contributed by atoms with Crippen LogP contribution in [0.15, 0.2) is 11.6 Å². The third-order valence-corrected chi connectivity index (χ3v) is 5.07. The van der Waals surface area contributed by atoms with Crippen LogP contribution in [-0.2, 0) is 0 Å². The Balaban J connectivity index is 2.34. The van der Waals surface area contributed by atoms with E-state index in [1.165, 1.54) is 5.57 Å². The van der Waals surface area contributed by atoms with Crippen molar-refractivity contribution < 1.29 is 10.2 Å². The summed E-state index contributed by atoms with van der Waals surface area (Å²) in [4.78, 5) is 0. The van der Waals surface area contributed by atoms with E-state index < -0.39 is 5.60 Å². The number of fused-ring (bicyclic) bond motifs is 1. The van der Waals surface area contributed by atoms with Gasteiger partial charge < -0.3 is 10.2 Å². The molecule has 0 saturated heterocycles. The Bertz CT molecular complexity index is 317. The van der Waals surface area contributed by atoms with E-state index in [2.05, 4.69) is 26.8 Å². The van der Waals surface area contributed by atoms with Crippen molar-refractivity contribution in [2.75, 3.05) is 0 Å². The highest BCUT2D eigenvalue weighted by Gasteiger charge is 2.50. The summed E-state index contributed by atoms with van der Waals surface area (Å²) in [7, 11) is 0. The van der Waals surface area contributed by atoms with Crippen LogP contribution in [0.3, 0.4) is 0 Å². The molecule has 2 N–H and O–H groups in total. The van der Waals surface area contributed by atoms with E-state index in [9.17, 15) is 10.2 Å². The van der Waals surface area contributed by atoms with Crippen LogP contribution in [-0.4, -0.2) is 21.9 Å². The van der Waals surface area contributed by atoms with E-state index in [1.54, 1.807) is 0 Å². The van der Waals surface area contributed by atoms with Crippen LogP contribution in [0.2, 0.25) is 0 Å². The quantitative estimate of drug-likeness (QED) is 0.690. The molecule has 98 valence electrons. The predicted octanol–water partition coefficient (Wildman–Crippen LogP) is 2.75. The summed E-state index contributed by atoms with van der Waals surface area (Å²) in [5.41, 5.74) is 0.673. The molecule has 2 aliphatic carbocycles. The first-order chi connectivity index (χ1) is 7.84. The molecule has 0 aromatic carbocycles. The molecule has 0 amide bonds. The molecule has 0 unspecified atom stereocenters. The van der Waals surface area contributed by atoms with Crippen molar-refractivity contribution >= 4 is 0 Å². The van der Waals surface area contributed by atoms with E-state index in [-0.39, 0.29) is 17.9 Å². The van der Waals surface area contributed by atoms with Crippen LogP contribution >= 0.6 is 0 Å². The average molecular weight is 238 g/mol. The monoisotopic (exact) mass is 238 g/mol. The van der Waals surface area contributed by atoms with Crippen LogP contribution in [0, 0.1) is 23.7 Å². The zero-order valence-corrected chi connectivity index (χ0v) is 11.5. The number of aliphatic hydroxyl groups excluding tert-OH is 1. The lowest BCUT2D eigenvalue weighted by Gasteiger charge is -2.37. The van der Waals surface area contributed by atoms with Gasteiger partial charge in [-0.3, -0.25) is 0 Å². The summed E-state index contributed by atoms with van der Waals surface area (Å²) in [5, 5.41) is 21.2. The van der Waals surface area contributed by atoms with Crippen LogP contribution in [0.4, 0.5) is 0 Å². The van der Waals surface area contributed by atoms with Gasteiger partial charge in [-0.1, -0.05) is 25.5 Å². The minimum Gasteiger partial charge on any atom is -0.392 e. The Labute approximate surface area is 105 Å². The lowest BCUT2D eigenvalue weighted by Crippen LogP contribution is -2.44. The Hall–Kier alpha value is -0.340. The Kier molecular flexibility index (Phi) is 3.39. The molecule has 5 atom stereocenters. The molecule has 2 rings (SSSR count). The van der Waals surface area contributed by atoms with Gasteiger partial charge >= 0.3 is 0 Å². The molecule has 0 spiro atoms. The molecule has 0 heterocycles. The second kappa shape index (κ2) is 4.40. The maximum Gasteiger partial charge on any atom is 0.0678 e. The first-order valence-electron chi connectivity index (χ1n) is 6.91. The normalized spacial score (nSPS) is 46.6. The summed E-state index contributed by atoms with van der Waals surface area (Å²) in [6.45, 7) is 8.40. The van der Waals surface area contributed by atoms with Gasteiger partial charge in [-0.2, -0.15) is 0 Å². The molecule has 0 bridgehead atoms. The van der Waals surface area contributed by atoms with Gasteiger partial charge in [0.15, 0.2) is 0 Å². The third kappa shape index (κ3) is 2.17. The molecule has 0 aromatic heterocycles. The van der Waals surface area contributed by atoms with Crippen LogP contribution in [0.1, 0.15) is 47.0 Å². The van der Waals surface area contributed by atoms with Gasteiger partial charge in [0.25, 0.3) is 0 Å². The molecular weight excluding hydrogens is 212 g/mol. The number of rotatable bonds is 1. The van der Waals surface area contributed by atoms with Crippen LogP contribution in [0.25, 0.3) is 0 Å². The fourth-order valence-electron chi connectivity index (χ4n) is 3.89. The van der Waals surface area contributed by atoms with Gasteiger partial charge in [0.05, 0.1) is 11.7 Å². The van der Waals surface area contributed by atoms with Crippen molar-refractivity contribution in [3.63, 3.8) is 0 Å². The predicted molar refractivity (Wildman–Crippen MR) is 69.5 cm³/mol. The Morgan fingerprint density at radius 3 is 2.65 bits per heavy atom. The molecule has 1 saturated carbocycles. The van der Waals surface area contributed by atoms with E-state index in [0.29, 0.717) is 11.8 Å². The van der Waals surface area contributed by atoms with Crippen molar-refractivity contribution in [1.82, 2.24) is 0 Å². The smallest absolute Gasteiger partial charge is 0.0678 e. The van der Waals surface area contributed by atoms with Crippen LogP contribution in [0.5, 0.6) is 0 Å². The largest absolute Gasteiger partial charge is 0.392 e. The average Bonchev–Trinajstić information content (AvgIpc) is 2.45. The first-order valence-corrected chi connectivity index (χ1v) is 6.91. The van der Waals surface area contributed by atoms with Gasteiger partial charge in [0.2, 0.25) is 0 Å². The lowest BCUT2D eigenvalue weighted by atomic mass is 9.74. The second-order valence-corrected chi connectivity index (χ2v) is 6.61. The minimum absolute atomic E-state index is 0.0219. The van der Waals surface area contributed by atoms with Crippen molar-refractivity contribution in [1.29, 1.82) is 0 Å². The van der Waals surface area contributed by atoms with Crippen molar-refractivity contribution in [3.8, 4) is 0 Å². The number of allylic oxidation sites excluding steroid dienone is 2. The third-order valence-electron chi connectivity index (χ3n) is 5.07. The van der Waals surface area contributed by atoms with E-state index in [4.69, 9.17) is 0 Å². The van der Waals surface area contributed by atoms with Gasteiger partial charge in [-0.15, -0.1) is 0 Å². The highest BCUT2D eigenvalue weighted by atomic mass is 16.3. The Morgan fingerprint density at radius 1 is 1.41 bits per heavy atom. The van der Waals surface area contributed by atoms with Gasteiger partial charge in [-0.25, -0.2) is 0 Å². The molecule has 0 radical (unpaired) electrons. The number of hydrogen-bond donors (Lipinski definition) is 2. The number of hydrogen-bond acceptors (Lipinski definition) is 2. The molecule has 17 heavy (non-hydrogen) atoms. The van der Waals surface area contributed by atoms with E-state index >= 15 is 0 Å². The Morgan fingerprint density at radius 2 is 2.06 bits per heavy atom. The summed E-state index contributed by atoms with van der Waals surface area (Å²) in [6, 6.07) is 0. The lowest BCUT2D eigenvalue weighted by molar-refractivity contribution is -0.0736. The minimum atomic E-state index is -0.698. The molecule has 0 aromatic rings. The van der Waals surface area contributed by atoms with Gasteiger partial charge in [-0.05, 0) is 50.9 Å². The van der Waals surface area contributed by atoms with E-state index in [1.807, 2.05) is 6.92 Å². The fourth-order valence-corrected chi connectivity index (χ4v) is 3.89. The molecule has 2 aliphatic rings. The maximum absolute atomic E-state index is 10.6.